The molecule has 0 bridgehead atoms. The number of phenols is 1. The largest absolute Gasteiger partial charge is 0.508 e. The number of aromatic hydroxyl groups is 1. The highest BCUT2D eigenvalue weighted by Crippen LogP contribution is 2.22. The molecule has 0 fully saturated rings. The molecule has 18 heavy (non-hydrogen) atoms. The van der Waals surface area contributed by atoms with Crippen LogP contribution in [-0.4, -0.2) is 16.0 Å². The normalized spacial score (nSPS) is 11.0. The minimum Gasteiger partial charge on any atom is -0.508 e. The zero-order valence-electron chi connectivity index (χ0n) is 10.7. The molecule has 0 aliphatic rings. The summed E-state index contributed by atoms with van der Waals surface area (Å²) in [5.41, 5.74) is 1.14. The summed E-state index contributed by atoms with van der Waals surface area (Å²) in [5, 5.41) is 18.7. The quantitative estimate of drug-likeness (QED) is 0.576. The number of carbonyl (C=O) groups excluding carboxylic acids is 1. The van der Waals surface area contributed by atoms with Gasteiger partial charge in [0.2, 0.25) is 0 Å². The zero-order valence-corrected chi connectivity index (χ0v) is 10.7. The highest BCUT2D eigenvalue weighted by molar-refractivity contribution is 5.93. The Hall–Kier alpha value is -1.61. The Morgan fingerprint density at radius 2 is 2.11 bits per heavy atom. The number of ketones is 1. The molecule has 0 saturated carbocycles. The smallest absolute Gasteiger partial charge is 0.155 e. The Balaban J connectivity index is 2.66. The van der Waals surface area contributed by atoms with E-state index in [0.29, 0.717) is 17.5 Å². The first-order valence-corrected chi connectivity index (χ1v) is 6.31. The van der Waals surface area contributed by atoms with E-state index in [1.54, 1.807) is 18.2 Å². The summed E-state index contributed by atoms with van der Waals surface area (Å²) < 4.78 is 0. The van der Waals surface area contributed by atoms with Crippen LogP contribution in [0, 0.1) is 0 Å². The third-order valence-electron chi connectivity index (χ3n) is 2.82. The second kappa shape index (κ2) is 7.67. The second-order valence-corrected chi connectivity index (χ2v) is 4.26. The van der Waals surface area contributed by atoms with Crippen molar-refractivity contribution in [2.75, 3.05) is 0 Å². The fourth-order valence-corrected chi connectivity index (χ4v) is 1.74. The number of aliphatic hydroxyl groups excluding tert-OH is 1. The van der Waals surface area contributed by atoms with Gasteiger partial charge in [-0.15, -0.1) is 0 Å². The van der Waals surface area contributed by atoms with Gasteiger partial charge in [0.05, 0.1) is 6.61 Å². The lowest BCUT2D eigenvalue weighted by Gasteiger charge is -2.04. The molecular weight excluding hydrogens is 228 g/mol. The van der Waals surface area contributed by atoms with Crippen LogP contribution >= 0.6 is 0 Å². The average molecular weight is 248 g/mol. The Morgan fingerprint density at radius 1 is 1.33 bits per heavy atom. The van der Waals surface area contributed by atoms with Crippen molar-refractivity contribution in [2.45, 2.75) is 39.2 Å². The molecule has 0 aromatic heterocycles. The first-order valence-electron chi connectivity index (χ1n) is 6.31. The third-order valence-corrected chi connectivity index (χ3v) is 2.82. The van der Waals surface area contributed by atoms with Gasteiger partial charge in [0, 0.05) is 12.0 Å². The van der Waals surface area contributed by atoms with Crippen molar-refractivity contribution in [1.82, 2.24) is 0 Å². The highest BCUT2D eigenvalue weighted by Gasteiger charge is 2.04. The van der Waals surface area contributed by atoms with E-state index < -0.39 is 0 Å². The van der Waals surface area contributed by atoms with Crippen molar-refractivity contribution in [3.63, 3.8) is 0 Å². The molecule has 1 aromatic rings. The molecule has 1 rings (SSSR count). The molecule has 2 N–H and O–H groups in total. The van der Waals surface area contributed by atoms with Crippen molar-refractivity contribution < 1.29 is 15.0 Å². The van der Waals surface area contributed by atoms with Gasteiger partial charge in [-0.1, -0.05) is 38.0 Å². The molecule has 0 spiro atoms. The number of hydrogen-bond acceptors (Lipinski definition) is 3. The summed E-state index contributed by atoms with van der Waals surface area (Å²) >= 11 is 0. The molecule has 0 amide bonds. The maximum atomic E-state index is 11.6. The van der Waals surface area contributed by atoms with Crippen molar-refractivity contribution in [1.29, 1.82) is 0 Å². The van der Waals surface area contributed by atoms with Crippen LogP contribution < -0.4 is 0 Å². The van der Waals surface area contributed by atoms with E-state index in [-0.39, 0.29) is 18.1 Å². The number of benzene rings is 1. The van der Waals surface area contributed by atoms with E-state index in [0.717, 1.165) is 19.3 Å². The van der Waals surface area contributed by atoms with Crippen LogP contribution in [0.15, 0.2) is 24.3 Å². The minimum atomic E-state index is -0.240. The SMILES string of the molecule is CCCCCC(=O)/C=C/c1cccc(O)c1CO. The molecule has 0 aliphatic carbocycles. The van der Waals surface area contributed by atoms with Gasteiger partial charge in [-0.05, 0) is 24.1 Å². The fraction of sp³-hybridized carbons (Fsp3) is 0.400. The number of allylic oxidation sites excluding steroid dienone is 1. The predicted molar refractivity (Wildman–Crippen MR) is 72.2 cm³/mol. The zero-order chi connectivity index (χ0) is 13.4. The van der Waals surface area contributed by atoms with Crippen LogP contribution in [0.5, 0.6) is 5.75 Å². The van der Waals surface area contributed by atoms with E-state index in [9.17, 15) is 9.90 Å². The summed E-state index contributed by atoms with van der Waals surface area (Å²) in [5.74, 6) is 0.133. The molecule has 0 aliphatic heterocycles. The van der Waals surface area contributed by atoms with Crippen molar-refractivity contribution in [2.24, 2.45) is 0 Å². The molecule has 3 heteroatoms. The fourth-order valence-electron chi connectivity index (χ4n) is 1.74. The van der Waals surface area contributed by atoms with E-state index in [4.69, 9.17) is 5.11 Å². The Kier molecular flexibility index (Phi) is 6.15. The molecule has 0 heterocycles. The van der Waals surface area contributed by atoms with Gasteiger partial charge >= 0.3 is 0 Å². The first-order chi connectivity index (χ1) is 8.69. The standard InChI is InChI=1S/C15H20O3/c1-2-3-4-7-13(17)10-9-12-6-5-8-15(18)14(12)11-16/h5-6,8-10,16,18H,2-4,7,11H2,1H3/b10-9+. The number of carbonyl (C=O) groups is 1. The summed E-state index contributed by atoms with van der Waals surface area (Å²) in [6.45, 7) is 1.86. The van der Waals surface area contributed by atoms with Crippen LogP contribution in [-0.2, 0) is 11.4 Å². The van der Waals surface area contributed by atoms with Crippen molar-refractivity contribution >= 4 is 11.9 Å². The highest BCUT2D eigenvalue weighted by atomic mass is 16.3. The van der Waals surface area contributed by atoms with Crippen LogP contribution in [0.25, 0.3) is 6.08 Å². The van der Waals surface area contributed by atoms with Gasteiger partial charge in [0.1, 0.15) is 5.75 Å². The molecule has 3 nitrogen and oxygen atoms in total. The summed E-state index contributed by atoms with van der Waals surface area (Å²) in [4.78, 5) is 11.6. The Morgan fingerprint density at radius 3 is 2.78 bits per heavy atom. The molecule has 0 radical (unpaired) electrons. The van der Waals surface area contributed by atoms with Gasteiger partial charge in [-0.25, -0.2) is 0 Å². The van der Waals surface area contributed by atoms with E-state index in [2.05, 4.69) is 6.92 Å². The second-order valence-electron chi connectivity index (χ2n) is 4.26. The van der Waals surface area contributed by atoms with Gasteiger partial charge in [0.25, 0.3) is 0 Å². The van der Waals surface area contributed by atoms with Crippen LogP contribution in [0.1, 0.15) is 43.7 Å². The Labute approximate surface area is 108 Å². The van der Waals surface area contributed by atoms with Gasteiger partial charge in [-0.3, -0.25) is 4.79 Å². The van der Waals surface area contributed by atoms with E-state index in [1.165, 1.54) is 12.1 Å². The van der Waals surface area contributed by atoms with Crippen molar-refractivity contribution in [3.05, 3.63) is 35.4 Å². The molecule has 98 valence electrons. The number of aliphatic hydroxyl groups is 1. The molecule has 0 atom stereocenters. The summed E-state index contributed by atoms with van der Waals surface area (Å²) in [6, 6.07) is 4.97. The summed E-state index contributed by atoms with van der Waals surface area (Å²) in [6.07, 6.45) is 6.79. The van der Waals surface area contributed by atoms with Crippen LogP contribution in [0.2, 0.25) is 0 Å². The summed E-state index contributed by atoms with van der Waals surface area (Å²) in [7, 11) is 0. The van der Waals surface area contributed by atoms with Crippen molar-refractivity contribution in [3.8, 4) is 5.75 Å². The molecule has 1 aromatic carbocycles. The predicted octanol–water partition coefficient (Wildman–Crippen LogP) is 3.05. The maximum absolute atomic E-state index is 11.6. The number of unbranched alkanes of at least 4 members (excludes halogenated alkanes) is 2. The molecule has 0 saturated heterocycles. The van der Waals surface area contributed by atoms with Gasteiger partial charge in [-0.2, -0.15) is 0 Å². The van der Waals surface area contributed by atoms with E-state index in [1.807, 2.05) is 0 Å². The lowest BCUT2D eigenvalue weighted by Crippen LogP contribution is -1.93. The van der Waals surface area contributed by atoms with E-state index >= 15 is 0 Å². The van der Waals surface area contributed by atoms with Gasteiger partial charge < -0.3 is 10.2 Å². The van der Waals surface area contributed by atoms with Gasteiger partial charge in [0.15, 0.2) is 5.78 Å². The number of rotatable bonds is 7. The topological polar surface area (TPSA) is 57.5 Å². The number of hydrogen-bond donors (Lipinski definition) is 2. The monoisotopic (exact) mass is 248 g/mol. The molecule has 0 unspecified atom stereocenters. The van der Waals surface area contributed by atoms with Crippen LogP contribution in [0.3, 0.4) is 0 Å². The lowest BCUT2D eigenvalue weighted by atomic mass is 10.1. The third kappa shape index (κ3) is 4.34. The Bertz CT molecular complexity index is 422. The molecular formula is C15H20O3. The first kappa shape index (κ1) is 14.5. The van der Waals surface area contributed by atoms with Crippen LogP contribution in [0.4, 0.5) is 0 Å². The minimum absolute atomic E-state index is 0.0538. The maximum Gasteiger partial charge on any atom is 0.155 e. The average Bonchev–Trinajstić information content (AvgIpc) is 2.36. The lowest BCUT2D eigenvalue weighted by molar-refractivity contribution is -0.114.